The van der Waals surface area contributed by atoms with E-state index in [2.05, 4.69) is 17.3 Å². The van der Waals surface area contributed by atoms with E-state index in [-0.39, 0.29) is 12.3 Å². The van der Waals surface area contributed by atoms with Crippen LogP contribution in [0.25, 0.3) is 0 Å². The molecule has 1 aromatic rings. The lowest BCUT2D eigenvalue weighted by Gasteiger charge is -2.31. The van der Waals surface area contributed by atoms with Crippen LogP contribution in [0.2, 0.25) is 0 Å². The first-order valence-corrected chi connectivity index (χ1v) is 8.74. The van der Waals surface area contributed by atoms with Crippen molar-refractivity contribution in [3.8, 4) is 0 Å². The summed E-state index contributed by atoms with van der Waals surface area (Å²) in [5.41, 5.74) is -0.352. The Morgan fingerprint density at radius 3 is 2.57 bits per heavy atom. The van der Waals surface area contributed by atoms with E-state index in [9.17, 15) is 9.90 Å². The van der Waals surface area contributed by atoms with Crippen molar-refractivity contribution in [3.63, 3.8) is 0 Å². The number of rotatable bonds is 7. The zero-order valence-corrected chi connectivity index (χ0v) is 14.4. The number of benzene rings is 1. The molecule has 0 heterocycles. The third-order valence-electron chi connectivity index (χ3n) is 4.89. The summed E-state index contributed by atoms with van der Waals surface area (Å²) in [6.45, 7) is 3.19. The lowest BCUT2D eigenvalue weighted by molar-refractivity contribution is -0.125. The Labute approximate surface area is 139 Å². The van der Waals surface area contributed by atoms with E-state index >= 15 is 0 Å². The van der Waals surface area contributed by atoms with Crippen LogP contribution >= 0.6 is 0 Å². The number of hydrogen-bond acceptors (Lipinski definition) is 3. The molecule has 1 aliphatic rings. The van der Waals surface area contributed by atoms with Gasteiger partial charge in [-0.1, -0.05) is 49.6 Å². The van der Waals surface area contributed by atoms with Crippen molar-refractivity contribution in [2.75, 3.05) is 20.1 Å². The average molecular weight is 318 g/mol. The molecular weight excluding hydrogens is 288 g/mol. The zero-order valence-electron chi connectivity index (χ0n) is 14.4. The molecule has 0 saturated heterocycles. The first-order chi connectivity index (χ1) is 11.0. The molecule has 0 aromatic heterocycles. The van der Waals surface area contributed by atoms with E-state index < -0.39 is 5.60 Å². The van der Waals surface area contributed by atoms with E-state index in [1.807, 2.05) is 30.3 Å². The summed E-state index contributed by atoms with van der Waals surface area (Å²) >= 11 is 0. The Balaban J connectivity index is 1.72. The summed E-state index contributed by atoms with van der Waals surface area (Å²) in [6.07, 6.45) is 6.63. The molecule has 0 aliphatic heterocycles. The second-order valence-electron chi connectivity index (χ2n) is 6.94. The van der Waals surface area contributed by atoms with Crippen molar-refractivity contribution < 1.29 is 9.90 Å². The van der Waals surface area contributed by atoms with Gasteiger partial charge in [0, 0.05) is 19.1 Å². The topological polar surface area (TPSA) is 52.6 Å². The van der Waals surface area contributed by atoms with Gasteiger partial charge >= 0.3 is 0 Å². The lowest BCUT2D eigenvalue weighted by Crippen LogP contribution is -2.40. The molecule has 1 aromatic carbocycles. The third-order valence-corrected chi connectivity index (χ3v) is 4.89. The van der Waals surface area contributed by atoms with Gasteiger partial charge < -0.3 is 15.3 Å². The highest BCUT2D eigenvalue weighted by molar-refractivity contribution is 5.77. The molecule has 1 atom stereocenters. The minimum Gasteiger partial charge on any atom is -0.385 e. The highest BCUT2D eigenvalue weighted by atomic mass is 16.3. The van der Waals surface area contributed by atoms with Gasteiger partial charge in [0.15, 0.2) is 0 Å². The normalized spacial score (nSPS) is 18.6. The van der Waals surface area contributed by atoms with Crippen molar-refractivity contribution in [3.05, 3.63) is 35.9 Å². The Morgan fingerprint density at radius 2 is 1.91 bits per heavy atom. The monoisotopic (exact) mass is 318 g/mol. The number of nitrogens with one attached hydrogen (secondary N) is 1. The van der Waals surface area contributed by atoms with Crippen molar-refractivity contribution in [2.45, 2.75) is 57.1 Å². The molecule has 4 nitrogen and oxygen atoms in total. The smallest absolute Gasteiger partial charge is 0.223 e. The zero-order chi connectivity index (χ0) is 16.7. The van der Waals surface area contributed by atoms with Crippen molar-refractivity contribution in [1.29, 1.82) is 0 Å². The maximum Gasteiger partial charge on any atom is 0.223 e. The summed E-state index contributed by atoms with van der Waals surface area (Å²) < 4.78 is 0. The fraction of sp³-hybridized carbons (Fsp3) is 0.632. The van der Waals surface area contributed by atoms with Crippen molar-refractivity contribution in [2.24, 2.45) is 0 Å². The molecule has 23 heavy (non-hydrogen) atoms. The molecule has 2 N–H and O–H groups in total. The Hall–Kier alpha value is -1.39. The molecule has 2 rings (SSSR count). The summed E-state index contributed by atoms with van der Waals surface area (Å²) in [6, 6.07) is 10.0. The van der Waals surface area contributed by atoms with Gasteiger partial charge in [0.25, 0.3) is 0 Å². The van der Waals surface area contributed by atoms with E-state index in [0.717, 1.165) is 12.1 Å². The molecule has 1 saturated carbocycles. The molecule has 1 amide bonds. The maximum absolute atomic E-state index is 12.1. The quantitative estimate of drug-likeness (QED) is 0.813. The number of hydrogen-bond donors (Lipinski definition) is 2. The maximum atomic E-state index is 12.1. The first kappa shape index (κ1) is 18.0. The number of carbonyl (C=O) groups excluding carboxylic acids is 1. The van der Waals surface area contributed by atoms with Crippen LogP contribution in [0.4, 0.5) is 0 Å². The fourth-order valence-corrected chi connectivity index (χ4v) is 3.35. The molecule has 0 spiro atoms. The average Bonchev–Trinajstić information content (AvgIpc) is 2.56. The molecule has 4 heteroatoms. The summed E-state index contributed by atoms with van der Waals surface area (Å²) in [5.74, 6) is -0.101. The third kappa shape index (κ3) is 5.63. The fourth-order valence-electron chi connectivity index (χ4n) is 3.35. The van der Waals surface area contributed by atoms with E-state index in [1.165, 1.54) is 32.1 Å². The molecule has 1 aliphatic carbocycles. The molecule has 1 unspecified atom stereocenters. The first-order valence-electron chi connectivity index (χ1n) is 8.74. The van der Waals surface area contributed by atoms with Gasteiger partial charge in [-0.05, 0) is 32.4 Å². The van der Waals surface area contributed by atoms with Crippen LogP contribution in [0.15, 0.2) is 30.3 Å². The number of aliphatic hydroxyl groups is 1. The predicted molar refractivity (Wildman–Crippen MR) is 93.1 cm³/mol. The van der Waals surface area contributed by atoms with Crippen molar-refractivity contribution >= 4 is 5.91 Å². The largest absolute Gasteiger partial charge is 0.385 e. The molecule has 0 radical (unpaired) electrons. The van der Waals surface area contributed by atoms with Gasteiger partial charge in [0.05, 0.1) is 12.0 Å². The number of carbonyl (C=O) groups is 1. The Bertz CT molecular complexity index is 481. The second-order valence-corrected chi connectivity index (χ2v) is 6.94. The summed E-state index contributed by atoms with van der Waals surface area (Å²) in [4.78, 5) is 14.5. The molecular formula is C19H30N2O2. The highest BCUT2D eigenvalue weighted by Crippen LogP contribution is 2.24. The Kier molecular flexibility index (Phi) is 6.60. The predicted octanol–water partition coefficient (Wildman–Crippen LogP) is 2.66. The van der Waals surface area contributed by atoms with Gasteiger partial charge in [-0.2, -0.15) is 0 Å². The van der Waals surface area contributed by atoms with Gasteiger partial charge in [0.1, 0.15) is 0 Å². The van der Waals surface area contributed by atoms with Crippen LogP contribution in [0.5, 0.6) is 0 Å². The van der Waals surface area contributed by atoms with Gasteiger partial charge in [0.2, 0.25) is 5.91 Å². The van der Waals surface area contributed by atoms with Crippen molar-refractivity contribution in [1.82, 2.24) is 10.2 Å². The molecule has 1 fully saturated rings. The SMILES string of the molecule is CN(CCNC(=O)CC(C)(O)c1ccccc1)C1CCCCC1. The van der Waals surface area contributed by atoms with Crippen LogP contribution in [0.3, 0.4) is 0 Å². The van der Waals surface area contributed by atoms with Crippen LogP contribution in [-0.4, -0.2) is 42.1 Å². The molecule has 128 valence electrons. The van der Waals surface area contributed by atoms with Gasteiger partial charge in [-0.15, -0.1) is 0 Å². The minimum absolute atomic E-state index is 0.0875. The summed E-state index contributed by atoms with van der Waals surface area (Å²) in [7, 11) is 2.14. The van der Waals surface area contributed by atoms with Crippen LogP contribution in [0, 0.1) is 0 Å². The van der Waals surface area contributed by atoms with Crippen LogP contribution in [-0.2, 0) is 10.4 Å². The number of likely N-dealkylation sites (N-methyl/N-ethyl adjacent to an activating group) is 1. The number of amides is 1. The van der Waals surface area contributed by atoms with E-state index in [0.29, 0.717) is 12.6 Å². The van der Waals surface area contributed by atoms with E-state index in [1.54, 1.807) is 6.92 Å². The van der Waals surface area contributed by atoms with Gasteiger partial charge in [-0.3, -0.25) is 4.79 Å². The number of nitrogens with zero attached hydrogens (tertiary/aromatic N) is 1. The second kappa shape index (κ2) is 8.46. The standard InChI is InChI=1S/C19H30N2O2/c1-19(23,16-9-5-3-6-10-16)15-18(22)20-13-14-21(2)17-11-7-4-8-12-17/h3,5-6,9-10,17,23H,4,7-8,11-15H2,1-2H3,(H,20,22). The lowest BCUT2D eigenvalue weighted by atomic mass is 9.92. The van der Waals surface area contributed by atoms with E-state index in [4.69, 9.17) is 0 Å². The van der Waals surface area contributed by atoms with Crippen LogP contribution in [0.1, 0.15) is 51.0 Å². The minimum atomic E-state index is -1.12. The van der Waals surface area contributed by atoms with Crippen LogP contribution < -0.4 is 5.32 Å². The highest BCUT2D eigenvalue weighted by Gasteiger charge is 2.26. The van der Waals surface area contributed by atoms with Gasteiger partial charge in [-0.25, -0.2) is 0 Å². The Morgan fingerprint density at radius 1 is 1.26 bits per heavy atom. The summed E-state index contributed by atoms with van der Waals surface area (Å²) in [5, 5.41) is 13.4. The molecule has 0 bridgehead atoms.